The molecule has 0 bridgehead atoms. The molecule has 2 aromatic rings. The summed E-state index contributed by atoms with van der Waals surface area (Å²) in [6.45, 7) is 0.544. The van der Waals surface area contributed by atoms with Gasteiger partial charge in [-0.25, -0.2) is 8.78 Å². The number of halogens is 2. The van der Waals surface area contributed by atoms with E-state index in [2.05, 4.69) is 27.1 Å². The SMILES string of the molecule is CN=C(NC(=O)c1ccc(N2CCOCC2=O)cc1-c1cc(C(F)F)ncc1OC)SC(=N)C#CC1CC1. The third-order valence-corrected chi connectivity index (χ3v) is 6.54. The number of nitrogens with zero attached hydrogens (tertiary/aromatic N) is 3. The number of carbonyl (C=O) groups excluding carboxylic acids is 2. The van der Waals surface area contributed by atoms with Gasteiger partial charge in [0.25, 0.3) is 18.2 Å². The van der Waals surface area contributed by atoms with Crippen molar-refractivity contribution >= 4 is 39.5 Å². The number of alkyl halides is 2. The molecule has 0 atom stereocenters. The van der Waals surface area contributed by atoms with Crippen molar-refractivity contribution in [3.8, 4) is 28.7 Å². The Bertz CT molecular complexity index is 1350. The van der Waals surface area contributed by atoms with Gasteiger partial charge in [-0.3, -0.25) is 25.0 Å². The summed E-state index contributed by atoms with van der Waals surface area (Å²) in [7, 11) is 2.84. The van der Waals surface area contributed by atoms with Crippen molar-refractivity contribution in [1.82, 2.24) is 10.3 Å². The van der Waals surface area contributed by atoms with E-state index in [-0.39, 0.29) is 45.2 Å². The first-order valence-electron chi connectivity index (χ1n) is 11.7. The molecular formula is C26H25F2N5O4S. The molecule has 2 amide bonds. The second-order valence-corrected chi connectivity index (χ2v) is 9.39. The van der Waals surface area contributed by atoms with Gasteiger partial charge in [-0.1, -0.05) is 5.92 Å². The first kappa shape index (κ1) is 27.2. The molecule has 1 aliphatic carbocycles. The molecule has 9 nitrogen and oxygen atoms in total. The first-order valence-corrected chi connectivity index (χ1v) is 12.5. The van der Waals surface area contributed by atoms with E-state index in [1.165, 1.54) is 31.3 Å². The summed E-state index contributed by atoms with van der Waals surface area (Å²) in [4.78, 5) is 35.2. The van der Waals surface area contributed by atoms with Gasteiger partial charge in [0.1, 0.15) is 23.1 Å². The number of carbonyl (C=O) groups is 2. The van der Waals surface area contributed by atoms with E-state index in [1.807, 2.05) is 0 Å². The maximum Gasteiger partial charge on any atom is 0.280 e. The number of thioether (sulfide) groups is 1. The standard InChI is InChI=1S/C26H25F2N5O4S/c1-30-26(38-22(29)8-5-15-3-4-15)32-25(35)17-7-6-16(33-9-10-37-14-23(33)34)11-18(17)19-12-20(24(27)28)31-13-21(19)36-2/h6-7,11-13,15,24,29H,3-4,9-10,14H2,1-2H3,(H,30,32,35). The van der Waals surface area contributed by atoms with Gasteiger partial charge in [0.05, 0.1) is 19.9 Å². The highest BCUT2D eigenvalue weighted by atomic mass is 32.2. The van der Waals surface area contributed by atoms with E-state index in [4.69, 9.17) is 14.9 Å². The van der Waals surface area contributed by atoms with Crippen LogP contribution in [0.3, 0.4) is 0 Å². The van der Waals surface area contributed by atoms with E-state index >= 15 is 0 Å². The first-order chi connectivity index (χ1) is 18.3. The lowest BCUT2D eigenvalue weighted by Crippen LogP contribution is -2.41. The van der Waals surface area contributed by atoms with Crippen molar-refractivity contribution in [2.24, 2.45) is 10.9 Å². The minimum atomic E-state index is -2.85. The molecule has 1 saturated carbocycles. The molecule has 0 unspecified atom stereocenters. The van der Waals surface area contributed by atoms with Gasteiger partial charge in [-0.2, -0.15) is 0 Å². The molecule has 2 heterocycles. The van der Waals surface area contributed by atoms with Crippen molar-refractivity contribution in [2.45, 2.75) is 19.3 Å². The highest BCUT2D eigenvalue weighted by Gasteiger charge is 2.25. The molecule has 2 N–H and O–H groups in total. The van der Waals surface area contributed by atoms with E-state index in [9.17, 15) is 18.4 Å². The molecule has 2 aliphatic rings. The molecule has 1 aromatic carbocycles. The Morgan fingerprint density at radius 1 is 1.34 bits per heavy atom. The summed E-state index contributed by atoms with van der Waals surface area (Å²) in [5.74, 6) is 5.38. The predicted octanol–water partition coefficient (Wildman–Crippen LogP) is 3.90. The number of rotatable bonds is 5. The van der Waals surface area contributed by atoms with Crippen LogP contribution >= 0.6 is 11.8 Å². The fourth-order valence-corrected chi connectivity index (χ4v) is 4.21. The van der Waals surface area contributed by atoms with Gasteiger partial charge >= 0.3 is 0 Å². The lowest BCUT2D eigenvalue weighted by Gasteiger charge is -2.27. The van der Waals surface area contributed by atoms with Crippen LogP contribution in [0, 0.1) is 23.2 Å². The molecule has 1 aliphatic heterocycles. The zero-order valence-electron chi connectivity index (χ0n) is 20.7. The molecule has 4 rings (SSSR count). The van der Waals surface area contributed by atoms with Crippen LogP contribution in [-0.4, -0.2) is 60.9 Å². The van der Waals surface area contributed by atoms with E-state index in [0.717, 1.165) is 30.7 Å². The number of morpholine rings is 1. The smallest absolute Gasteiger partial charge is 0.280 e. The number of methoxy groups -OCH3 is 1. The minimum absolute atomic E-state index is 0.0385. The van der Waals surface area contributed by atoms with Crippen molar-refractivity contribution in [3.63, 3.8) is 0 Å². The van der Waals surface area contributed by atoms with Crippen LogP contribution in [-0.2, 0) is 9.53 Å². The topological polar surface area (TPSA) is 117 Å². The Balaban J connectivity index is 1.71. The lowest BCUT2D eigenvalue weighted by molar-refractivity contribution is -0.125. The molecule has 38 heavy (non-hydrogen) atoms. The quantitative estimate of drug-likeness (QED) is 0.337. The number of hydrogen-bond acceptors (Lipinski definition) is 8. The monoisotopic (exact) mass is 541 g/mol. The van der Waals surface area contributed by atoms with Crippen molar-refractivity contribution in [1.29, 1.82) is 5.41 Å². The average molecular weight is 542 g/mol. The van der Waals surface area contributed by atoms with Gasteiger partial charge < -0.3 is 19.7 Å². The molecule has 2 fully saturated rings. The van der Waals surface area contributed by atoms with Crippen LogP contribution in [0.2, 0.25) is 0 Å². The number of aliphatic imine (C=N–C) groups is 1. The number of hydrogen-bond donors (Lipinski definition) is 2. The van der Waals surface area contributed by atoms with E-state index in [0.29, 0.717) is 24.8 Å². The fourth-order valence-electron chi connectivity index (χ4n) is 3.67. The van der Waals surface area contributed by atoms with Gasteiger partial charge in [-0.05, 0) is 54.8 Å². The number of amides is 2. The summed E-state index contributed by atoms with van der Waals surface area (Å²) in [6.07, 6.45) is 0.368. The Morgan fingerprint density at radius 2 is 2.13 bits per heavy atom. The minimum Gasteiger partial charge on any atom is -0.494 e. The number of aromatic nitrogens is 1. The van der Waals surface area contributed by atoms with Gasteiger partial charge in [0.2, 0.25) is 0 Å². The van der Waals surface area contributed by atoms with Crippen LogP contribution < -0.4 is 15.0 Å². The third-order valence-electron chi connectivity index (χ3n) is 5.76. The predicted molar refractivity (Wildman–Crippen MR) is 141 cm³/mol. The number of anilines is 1. The Kier molecular flexibility index (Phi) is 8.70. The molecule has 12 heteroatoms. The van der Waals surface area contributed by atoms with Crippen LogP contribution in [0.15, 0.2) is 35.5 Å². The lowest BCUT2D eigenvalue weighted by atomic mass is 9.97. The van der Waals surface area contributed by atoms with Gasteiger partial charge in [-0.15, -0.1) is 0 Å². The highest BCUT2D eigenvalue weighted by Crippen LogP contribution is 2.37. The average Bonchev–Trinajstić information content (AvgIpc) is 3.75. The van der Waals surface area contributed by atoms with Crippen molar-refractivity contribution in [2.75, 3.05) is 38.8 Å². The summed E-state index contributed by atoms with van der Waals surface area (Å²) >= 11 is 0.906. The van der Waals surface area contributed by atoms with E-state index < -0.39 is 18.0 Å². The number of benzene rings is 1. The van der Waals surface area contributed by atoms with Crippen LogP contribution in [0.1, 0.15) is 35.3 Å². The second-order valence-electron chi connectivity index (χ2n) is 8.40. The Hall–Kier alpha value is -3.82. The van der Waals surface area contributed by atoms with Gasteiger partial charge in [0.15, 0.2) is 5.17 Å². The molecular weight excluding hydrogens is 516 g/mol. The fraction of sp³-hybridized carbons (Fsp3) is 0.346. The Morgan fingerprint density at radius 3 is 2.79 bits per heavy atom. The maximum atomic E-state index is 13.5. The summed E-state index contributed by atoms with van der Waals surface area (Å²) in [5, 5.41) is 10.9. The molecule has 0 radical (unpaired) electrons. The number of pyridine rings is 1. The summed E-state index contributed by atoms with van der Waals surface area (Å²) < 4.78 is 37.6. The van der Waals surface area contributed by atoms with Crippen molar-refractivity contribution < 1.29 is 27.8 Å². The zero-order valence-corrected chi connectivity index (χ0v) is 21.5. The van der Waals surface area contributed by atoms with Crippen LogP contribution in [0.4, 0.5) is 14.5 Å². The molecule has 1 aromatic heterocycles. The van der Waals surface area contributed by atoms with Crippen LogP contribution in [0.5, 0.6) is 5.75 Å². The second kappa shape index (κ2) is 12.1. The third kappa shape index (κ3) is 6.54. The normalized spacial score (nSPS) is 15.7. The molecule has 1 saturated heterocycles. The van der Waals surface area contributed by atoms with Crippen molar-refractivity contribution in [3.05, 3.63) is 41.7 Å². The summed E-state index contributed by atoms with van der Waals surface area (Å²) in [5.41, 5.74) is 0.560. The zero-order chi connectivity index (χ0) is 27.2. The number of amidine groups is 1. The number of nitrogens with one attached hydrogen (secondary N) is 2. The van der Waals surface area contributed by atoms with E-state index in [1.54, 1.807) is 12.1 Å². The molecule has 198 valence electrons. The largest absolute Gasteiger partial charge is 0.494 e. The Labute approximate surface area is 222 Å². The van der Waals surface area contributed by atoms with Crippen LogP contribution in [0.25, 0.3) is 11.1 Å². The molecule has 0 spiro atoms. The number of ether oxygens (including phenoxy) is 2. The van der Waals surface area contributed by atoms with Gasteiger partial charge in [0, 0.05) is 41.9 Å². The highest BCUT2D eigenvalue weighted by molar-refractivity contribution is 8.27. The maximum absolute atomic E-state index is 13.5. The summed E-state index contributed by atoms with van der Waals surface area (Å²) in [6, 6.07) is 5.83.